The summed E-state index contributed by atoms with van der Waals surface area (Å²) < 4.78 is 6.78. The lowest BCUT2D eigenvalue weighted by Gasteiger charge is -2.35. The van der Waals surface area contributed by atoms with Crippen molar-refractivity contribution in [2.45, 2.75) is 90.0 Å². The van der Waals surface area contributed by atoms with Crippen LogP contribution in [0.3, 0.4) is 0 Å². The van der Waals surface area contributed by atoms with Crippen molar-refractivity contribution in [3.05, 3.63) is 30.1 Å². The SMILES string of the molecule is COC(=O)N1c2ccc(-c3cnn(CC(C)(C)O)c3)c(OOC3CCCCC3)c2CC[C@@H]1C. The van der Waals surface area contributed by atoms with E-state index in [1.807, 2.05) is 25.3 Å². The Bertz CT molecular complexity index is 975. The van der Waals surface area contributed by atoms with Crippen molar-refractivity contribution >= 4 is 11.8 Å². The maximum atomic E-state index is 12.5. The molecular weight excluding hydrogens is 422 g/mol. The second-order valence-electron chi connectivity index (χ2n) is 9.85. The lowest BCUT2D eigenvalue weighted by Crippen LogP contribution is -2.42. The highest BCUT2D eigenvalue weighted by Crippen LogP contribution is 2.43. The van der Waals surface area contributed by atoms with Gasteiger partial charge in [-0.1, -0.05) is 19.3 Å². The molecule has 2 heterocycles. The number of nitrogens with zero attached hydrogens (tertiary/aromatic N) is 3. The highest BCUT2D eigenvalue weighted by molar-refractivity contribution is 5.92. The van der Waals surface area contributed by atoms with E-state index in [-0.39, 0.29) is 18.2 Å². The van der Waals surface area contributed by atoms with Crippen molar-refractivity contribution in [1.82, 2.24) is 9.78 Å². The Labute approximate surface area is 195 Å². The van der Waals surface area contributed by atoms with Crippen LogP contribution in [0.1, 0.15) is 64.9 Å². The molecule has 8 nitrogen and oxygen atoms in total. The molecule has 1 aromatic carbocycles. The van der Waals surface area contributed by atoms with Gasteiger partial charge < -0.3 is 14.7 Å². The first kappa shape index (κ1) is 23.6. The predicted molar refractivity (Wildman–Crippen MR) is 125 cm³/mol. The van der Waals surface area contributed by atoms with Crippen LogP contribution in [0, 0.1) is 0 Å². The van der Waals surface area contributed by atoms with Crippen LogP contribution in [-0.4, -0.2) is 45.8 Å². The summed E-state index contributed by atoms with van der Waals surface area (Å²) in [6, 6.07) is 3.91. The minimum atomic E-state index is -0.875. The lowest BCUT2D eigenvalue weighted by atomic mass is 9.92. The molecule has 1 amide bonds. The normalized spacial score (nSPS) is 19.3. The van der Waals surface area contributed by atoms with Crippen LogP contribution in [0.5, 0.6) is 5.75 Å². The zero-order chi connectivity index (χ0) is 23.6. The van der Waals surface area contributed by atoms with Crippen molar-refractivity contribution in [3.63, 3.8) is 0 Å². The average molecular weight is 458 g/mol. The number of aliphatic hydroxyl groups is 1. The number of carbonyl (C=O) groups excluding carboxylic acids is 1. The van der Waals surface area contributed by atoms with Gasteiger partial charge in [0.15, 0.2) is 5.75 Å². The molecule has 1 aliphatic heterocycles. The first-order chi connectivity index (χ1) is 15.8. The largest absolute Gasteiger partial charge is 0.452 e. The third-order valence-electron chi connectivity index (χ3n) is 6.43. The number of carbonyl (C=O) groups is 1. The van der Waals surface area contributed by atoms with Crippen molar-refractivity contribution in [2.24, 2.45) is 0 Å². The van der Waals surface area contributed by atoms with Gasteiger partial charge in [0.05, 0.1) is 31.1 Å². The van der Waals surface area contributed by atoms with Crippen molar-refractivity contribution < 1.29 is 24.4 Å². The minimum absolute atomic E-state index is 0.0254. The Hall–Kier alpha value is -2.58. The van der Waals surface area contributed by atoms with Crippen LogP contribution >= 0.6 is 0 Å². The zero-order valence-corrected chi connectivity index (χ0v) is 20.0. The number of anilines is 1. The topological polar surface area (TPSA) is 86.1 Å². The lowest BCUT2D eigenvalue weighted by molar-refractivity contribution is -0.250. The Morgan fingerprint density at radius 1 is 1.21 bits per heavy atom. The van der Waals surface area contributed by atoms with Gasteiger partial charge in [0, 0.05) is 28.9 Å². The fraction of sp³-hybridized carbons (Fsp3) is 0.600. The molecule has 0 unspecified atom stereocenters. The molecule has 180 valence electrons. The van der Waals surface area contributed by atoms with Gasteiger partial charge in [-0.15, -0.1) is 0 Å². The van der Waals surface area contributed by atoms with Crippen molar-refractivity contribution in [3.8, 4) is 16.9 Å². The number of amides is 1. The number of rotatable bonds is 6. The molecule has 2 aliphatic rings. The minimum Gasteiger partial charge on any atom is -0.452 e. The Kier molecular flexibility index (Phi) is 6.95. The molecule has 4 rings (SSSR count). The van der Waals surface area contributed by atoms with Crippen molar-refractivity contribution in [2.75, 3.05) is 12.0 Å². The number of aromatic nitrogens is 2. The van der Waals surface area contributed by atoms with Gasteiger partial charge in [-0.25, -0.2) is 4.79 Å². The van der Waals surface area contributed by atoms with E-state index >= 15 is 0 Å². The summed E-state index contributed by atoms with van der Waals surface area (Å²) in [5.41, 5.74) is 2.57. The van der Waals surface area contributed by atoms with Crippen molar-refractivity contribution in [1.29, 1.82) is 0 Å². The van der Waals surface area contributed by atoms with Gasteiger partial charge in [-0.05, 0) is 58.6 Å². The van der Waals surface area contributed by atoms with E-state index in [4.69, 9.17) is 14.5 Å². The number of fused-ring (bicyclic) bond motifs is 1. The van der Waals surface area contributed by atoms with Crippen LogP contribution < -0.4 is 9.79 Å². The van der Waals surface area contributed by atoms with Crippen LogP contribution in [0.4, 0.5) is 10.5 Å². The molecule has 0 bridgehead atoms. The molecule has 0 radical (unpaired) electrons. The van der Waals surface area contributed by atoms with Gasteiger partial charge >= 0.3 is 6.09 Å². The quantitative estimate of drug-likeness (QED) is 0.492. The number of ether oxygens (including phenoxy) is 1. The number of benzene rings is 1. The molecule has 1 fully saturated rings. The highest BCUT2D eigenvalue weighted by Gasteiger charge is 2.33. The monoisotopic (exact) mass is 457 g/mol. The van der Waals surface area contributed by atoms with Gasteiger partial charge in [0.2, 0.25) is 0 Å². The predicted octanol–water partition coefficient (Wildman–Crippen LogP) is 4.87. The second kappa shape index (κ2) is 9.73. The van der Waals surface area contributed by atoms with E-state index in [9.17, 15) is 9.90 Å². The molecule has 1 atom stereocenters. The van der Waals surface area contributed by atoms with Gasteiger partial charge in [-0.3, -0.25) is 9.58 Å². The first-order valence-corrected chi connectivity index (χ1v) is 11.9. The van der Waals surface area contributed by atoms with Crippen LogP contribution in [-0.2, 0) is 22.6 Å². The summed E-state index contributed by atoms with van der Waals surface area (Å²) >= 11 is 0. The summed E-state index contributed by atoms with van der Waals surface area (Å²) in [4.78, 5) is 26.2. The van der Waals surface area contributed by atoms with E-state index in [2.05, 4.69) is 5.10 Å². The molecule has 1 saturated carbocycles. The molecule has 1 aliphatic carbocycles. The zero-order valence-electron chi connectivity index (χ0n) is 20.0. The smallest absolute Gasteiger partial charge is 0.414 e. The number of hydrogen-bond donors (Lipinski definition) is 1. The fourth-order valence-corrected chi connectivity index (χ4v) is 4.77. The van der Waals surface area contributed by atoms with Gasteiger partial charge in [0.1, 0.15) is 6.10 Å². The molecule has 0 saturated heterocycles. The fourth-order valence-electron chi connectivity index (χ4n) is 4.77. The molecule has 1 N–H and O–H groups in total. The standard InChI is InChI=1S/C25H35N3O5/c1-17-10-11-21-22(28(17)24(29)31-4)13-12-20(18-14-26-27(15-18)16-25(2,3)30)23(21)33-32-19-8-6-5-7-9-19/h12-15,17,19,30H,5-11,16H2,1-4H3/t17-/m0/s1. The number of hydrogen-bond acceptors (Lipinski definition) is 6. The van der Waals surface area contributed by atoms with Gasteiger partial charge in [-0.2, -0.15) is 9.99 Å². The molecule has 33 heavy (non-hydrogen) atoms. The van der Waals surface area contributed by atoms with E-state index in [1.54, 1.807) is 29.6 Å². The first-order valence-electron chi connectivity index (χ1n) is 11.9. The second-order valence-corrected chi connectivity index (χ2v) is 9.85. The Morgan fingerprint density at radius 3 is 2.67 bits per heavy atom. The maximum absolute atomic E-state index is 12.5. The summed E-state index contributed by atoms with van der Waals surface area (Å²) in [5.74, 6) is 0.627. The molecule has 0 spiro atoms. The van der Waals surface area contributed by atoms with Crippen LogP contribution in [0.2, 0.25) is 0 Å². The molecule has 1 aromatic heterocycles. The van der Waals surface area contributed by atoms with E-state index in [1.165, 1.54) is 13.5 Å². The third kappa shape index (κ3) is 5.33. The summed E-state index contributed by atoms with van der Waals surface area (Å²) in [7, 11) is 1.40. The van der Waals surface area contributed by atoms with E-state index in [0.29, 0.717) is 12.3 Å². The van der Waals surface area contributed by atoms with Crippen LogP contribution in [0.25, 0.3) is 11.1 Å². The van der Waals surface area contributed by atoms with E-state index in [0.717, 1.165) is 60.9 Å². The highest BCUT2D eigenvalue weighted by atomic mass is 17.2. The molecular formula is C25H35N3O5. The van der Waals surface area contributed by atoms with Crippen LogP contribution in [0.15, 0.2) is 24.5 Å². The summed E-state index contributed by atoms with van der Waals surface area (Å²) in [6.45, 7) is 5.90. The molecule has 2 aromatic rings. The molecule has 8 heteroatoms. The maximum Gasteiger partial charge on any atom is 0.414 e. The third-order valence-corrected chi connectivity index (χ3v) is 6.43. The summed E-state index contributed by atoms with van der Waals surface area (Å²) in [6.07, 6.45) is 10.4. The van der Waals surface area contributed by atoms with E-state index < -0.39 is 5.60 Å². The number of methoxy groups -OCH3 is 1. The Balaban J connectivity index is 1.72. The Morgan fingerprint density at radius 2 is 1.97 bits per heavy atom. The summed E-state index contributed by atoms with van der Waals surface area (Å²) in [5, 5.41) is 14.6. The van der Waals surface area contributed by atoms with Gasteiger partial charge in [0.25, 0.3) is 0 Å². The average Bonchev–Trinajstić information content (AvgIpc) is 3.23.